The van der Waals surface area contributed by atoms with Crippen molar-refractivity contribution in [3.05, 3.63) is 0 Å². The maximum Gasteiger partial charge on any atom is 0.427 e. The van der Waals surface area contributed by atoms with E-state index in [4.69, 9.17) is 0 Å². The van der Waals surface area contributed by atoms with Crippen LogP contribution in [-0.4, -0.2) is 21.3 Å². The summed E-state index contributed by atoms with van der Waals surface area (Å²) < 4.78 is 48.8. The molecule has 0 aromatic heterocycles. The van der Waals surface area contributed by atoms with Crippen molar-refractivity contribution in [3.63, 3.8) is 0 Å². The summed E-state index contributed by atoms with van der Waals surface area (Å²) in [5, 5.41) is 0. The van der Waals surface area contributed by atoms with Gasteiger partial charge in [0, 0.05) is 0 Å². The van der Waals surface area contributed by atoms with Gasteiger partial charge in [0.05, 0.1) is 4.75 Å². The average Bonchev–Trinajstić information content (AvgIpc) is 1.98. The van der Waals surface area contributed by atoms with E-state index in [0.717, 1.165) is 0 Å². The van der Waals surface area contributed by atoms with Crippen molar-refractivity contribution in [2.45, 2.75) is 38.6 Å². The molecule has 1 atom stereocenters. The topological polar surface area (TPSA) is 29.4 Å². The normalized spacial score (nSPS) is 16.6. The Balaban J connectivity index is 4.59. The Hall–Kier alpha value is -0.390. The molecule has 0 unspecified atom stereocenters. The zero-order valence-corrected chi connectivity index (χ0v) is 9.37. The molecule has 0 aromatic carbocycles. The molecule has 0 heterocycles. The van der Waals surface area contributed by atoms with Crippen LogP contribution in [-0.2, 0) is 11.0 Å². The maximum absolute atomic E-state index is 11.7. The first-order valence-corrected chi connectivity index (χ1v) is 5.22. The van der Waals surface area contributed by atoms with Gasteiger partial charge in [-0.2, -0.15) is 17.6 Å². The molecule has 0 rings (SSSR count). The molecule has 0 radical (unpaired) electrons. The van der Waals surface area contributed by atoms with E-state index in [-0.39, 0.29) is 12.1 Å². The summed E-state index contributed by atoms with van der Waals surface area (Å²) in [5.74, 6) is -0.00582. The third-order valence-electron chi connectivity index (χ3n) is 2.14. The van der Waals surface area contributed by atoms with Gasteiger partial charge in [0.1, 0.15) is 17.2 Å². The van der Waals surface area contributed by atoms with Crippen LogP contribution in [0.1, 0.15) is 27.7 Å². The molecular weight excluding hydrogens is 215 g/mol. The Bertz CT molecular complexity index is 245. The molecule has 0 saturated heterocycles. The van der Waals surface area contributed by atoms with Gasteiger partial charge in [0.2, 0.25) is 0 Å². The Kier molecular flexibility index (Phi) is 4.30. The Morgan fingerprint density at radius 2 is 1.71 bits per heavy atom. The molecule has 0 bridgehead atoms. The second-order valence-electron chi connectivity index (χ2n) is 3.78. The molecule has 0 spiro atoms. The number of nitrogens with zero attached hydrogens (tertiary/aromatic N) is 1. The van der Waals surface area contributed by atoms with Crippen molar-refractivity contribution < 1.29 is 17.4 Å². The summed E-state index contributed by atoms with van der Waals surface area (Å²) in [6.07, 6.45) is -4.71. The molecule has 0 fully saturated rings. The van der Waals surface area contributed by atoms with Crippen LogP contribution < -0.4 is 0 Å². The lowest BCUT2D eigenvalue weighted by Gasteiger charge is -2.25. The standard InChI is InChI=1S/C8H14F3NOS/c1-6(2)7(3,4)14(13)12-5-8(9,10)11/h5-6H,1-4H3/b12-5+/t14-/m1/s1. The zero-order chi connectivity index (χ0) is 11.6. The van der Waals surface area contributed by atoms with Gasteiger partial charge in [-0.1, -0.05) is 13.8 Å². The minimum absolute atomic E-state index is 0.00582. The number of alkyl halides is 3. The summed E-state index contributed by atoms with van der Waals surface area (Å²) in [6.45, 7) is 6.84. The first kappa shape index (κ1) is 13.6. The molecule has 0 aromatic rings. The fraction of sp³-hybridized carbons (Fsp3) is 0.875. The van der Waals surface area contributed by atoms with Gasteiger partial charge >= 0.3 is 6.18 Å². The number of hydrogen-bond acceptors (Lipinski definition) is 1. The van der Waals surface area contributed by atoms with Crippen LogP contribution in [0.4, 0.5) is 13.2 Å². The van der Waals surface area contributed by atoms with Crippen LogP contribution in [0.2, 0.25) is 0 Å². The number of rotatable bonds is 3. The van der Waals surface area contributed by atoms with E-state index in [2.05, 4.69) is 4.40 Å². The summed E-state index contributed by atoms with van der Waals surface area (Å²) >= 11 is 0. The van der Waals surface area contributed by atoms with E-state index in [0.29, 0.717) is 0 Å². The van der Waals surface area contributed by atoms with Crippen molar-refractivity contribution in [3.8, 4) is 0 Å². The first-order chi connectivity index (χ1) is 6.07. The molecule has 0 N–H and O–H groups in total. The van der Waals surface area contributed by atoms with Crippen LogP contribution in [0.25, 0.3) is 0 Å². The highest BCUT2D eigenvalue weighted by Gasteiger charge is 2.31. The van der Waals surface area contributed by atoms with E-state index in [9.17, 15) is 17.4 Å². The third-order valence-corrected chi connectivity index (χ3v) is 3.80. The van der Waals surface area contributed by atoms with Crippen molar-refractivity contribution in [2.75, 3.05) is 0 Å². The van der Waals surface area contributed by atoms with E-state index < -0.39 is 21.9 Å². The first-order valence-electron chi connectivity index (χ1n) is 4.11. The molecule has 14 heavy (non-hydrogen) atoms. The third kappa shape index (κ3) is 4.21. The lowest BCUT2D eigenvalue weighted by molar-refractivity contribution is -0.0533. The monoisotopic (exact) mass is 229 g/mol. The van der Waals surface area contributed by atoms with Gasteiger partial charge in [0.25, 0.3) is 0 Å². The number of halogens is 3. The minimum Gasteiger partial charge on any atom is -0.234 e. The Morgan fingerprint density at radius 1 is 1.29 bits per heavy atom. The summed E-state index contributed by atoms with van der Waals surface area (Å²) in [4.78, 5) is 0. The van der Waals surface area contributed by atoms with Crippen molar-refractivity contribution in [2.24, 2.45) is 10.3 Å². The molecular formula is C8H14F3NOS. The summed E-state index contributed by atoms with van der Waals surface area (Å²) in [6, 6.07) is 0. The molecule has 0 amide bonds. The Morgan fingerprint density at radius 3 is 2.00 bits per heavy atom. The Labute approximate surface area is 84.2 Å². The molecule has 0 aliphatic heterocycles. The average molecular weight is 229 g/mol. The molecule has 0 aliphatic carbocycles. The van der Waals surface area contributed by atoms with E-state index in [1.165, 1.54) is 0 Å². The zero-order valence-electron chi connectivity index (χ0n) is 8.55. The van der Waals surface area contributed by atoms with E-state index in [1.54, 1.807) is 27.7 Å². The lowest BCUT2D eigenvalue weighted by Crippen LogP contribution is -2.32. The predicted molar refractivity (Wildman–Crippen MR) is 51.6 cm³/mol. The van der Waals surface area contributed by atoms with Crippen LogP contribution in [0.5, 0.6) is 0 Å². The quantitative estimate of drug-likeness (QED) is 0.684. The number of hydrogen-bond donors (Lipinski definition) is 0. The van der Waals surface area contributed by atoms with Gasteiger partial charge in [0.15, 0.2) is 0 Å². The highest BCUT2D eigenvalue weighted by Crippen LogP contribution is 2.24. The van der Waals surface area contributed by atoms with Crippen LogP contribution in [0.3, 0.4) is 0 Å². The smallest absolute Gasteiger partial charge is 0.234 e. The van der Waals surface area contributed by atoms with E-state index in [1.807, 2.05) is 0 Å². The fourth-order valence-electron chi connectivity index (χ4n) is 0.445. The van der Waals surface area contributed by atoms with Gasteiger partial charge in [-0.15, -0.1) is 0 Å². The van der Waals surface area contributed by atoms with Crippen LogP contribution >= 0.6 is 0 Å². The SMILES string of the molecule is CC(C)C(C)(C)[S@@](=O)/N=C/C(F)(F)F. The highest BCUT2D eigenvalue weighted by molar-refractivity contribution is 7.85. The van der Waals surface area contributed by atoms with Gasteiger partial charge in [-0.25, -0.2) is 4.21 Å². The molecule has 84 valence electrons. The lowest BCUT2D eigenvalue weighted by atomic mass is 10.00. The fourth-order valence-corrected chi connectivity index (χ4v) is 1.34. The van der Waals surface area contributed by atoms with Crippen LogP contribution in [0, 0.1) is 5.92 Å². The molecule has 2 nitrogen and oxygen atoms in total. The van der Waals surface area contributed by atoms with Crippen molar-refractivity contribution >= 4 is 17.2 Å². The maximum atomic E-state index is 11.7. The molecule has 0 aliphatic rings. The van der Waals surface area contributed by atoms with E-state index >= 15 is 0 Å². The molecule has 6 heteroatoms. The molecule has 0 saturated carbocycles. The highest BCUT2D eigenvalue weighted by atomic mass is 32.2. The van der Waals surface area contributed by atoms with Gasteiger partial charge < -0.3 is 0 Å². The minimum atomic E-state index is -4.50. The van der Waals surface area contributed by atoms with Crippen LogP contribution in [0.15, 0.2) is 4.40 Å². The largest absolute Gasteiger partial charge is 0.427 e. The second kappa shape index (κ2) is 4.42. The van der Waals surface area contributed by atoms with Crippen molar-refractivity contribution in [1.82, 2.24) is 0 Å². The van der Waals surface area contributed by atoms with Gasteiger partial charge in [-0.3, -0.25) is 0 Å². The predicted octanol–water partition coefficient (Wildman–Crippen LogP) is 2.72. The second-order valence-corrected chi connectivity index (χ2v) is 5.54. The summed E-state index contributed by atoms with van der Waals surface area (Å²) in [5.41, 5.74) is 0. The van der Waals surface area contributed by atoms with Crippen molar-refractivity contribution in [1.29, 1.82) is 0 Å². The summed E-state index contributed by atoms with van der Waals surface area (Å²) in [7, 11) is -1.86. The van der Waals surface area contributed by atoms with Gasteiger partial charge in [-0.05, 0) is 19.8 Å².